The number of rotatable bonds is 5. The van der Waals surface area contributed by atoms with E-state index in [2.05, 4.69) is 15.0 Å². The highest BCUT2D eigenvalue weighted by molar-refractivity contribution is 5.88. The Bertz CT molecular complexity index is 1180. The van der Waals surface area contributed by atoms with Crippen molar-refractivity contribution in [1.82, 2.24) is 14.9 Å². The molecule has 1 amide bonds. The zero-order chi connectivity index (χ0) is 22.5. The Morgan fingerprint density at radius 2 is 2.00 bits per heavy atom. The van der Waals surface area contributed by atoms with Gasteiger partial charge in [-0.15, -0.1) is 13.2 Å². The van der Waals surface area contributed by atoms with Gasteiger partial charge in [-0.05, 0) is 68.0 Å². The first-order valence-electron chi connectivity index (χ1n) is 10.6. The summed E-state index contributed by atoms with van der Waals surface area (Å²) in [6, 6.07) is 8.74. The van der Waals surface area contributed by atoms with Crippen LogP contribution in [0.3, 0.4) is 0 Å². The summed E-state index contributed by atoms with van der Waals surface area (Å²) in [7, 11) is 0. The summed E-state index contributed by atoms with van der Waals surface area (Å²) in [4.78, 5) is 16.2. The Balaban J connectivity index is 1.53. The molecule has 2 heterocycles. The molecular formula is C23H21F4N3O2. The van der Waals surface area contributed by atoms with Gasteiger partial charge < -0.3 is 14.6 Å². The van der Waals surface area contributed by atoms with E-state index >= 15 is 0 Å². The third-order valence-electron chi connectivity index (χ3n) is 6.06. The fourth-order valence-corrected chi connectivity index (χ4v) is 4.49. The van der Waals surface area contributed by atoms with Gasteiger partial charge in [0.2, 0.25) is 11.9 Å². The number of benzene rings is 1. The number of nitrogens with zero attached hydrogens (tertiary/aromatic N) is 2. The van der Waals surface area contributed by atoms with Gasteiger partial charge in [-0.1, -0.05) is 6.07 Å². The van der Waals surface area contributed by atoms with Gasteiger partial charge in [0.25, 0.3) is 0 Å². The maximum atomic E-state index is 13.6. The quantitative estimate of drug-likeness (QED) is 0.463. The lowest BCUT2D eigenvalue weighted by Crippen LogP contribution is -2.39. The van der Waals surface area contributed by atoms with Gasteiger partial charge in [0.05, 0.1) is 12.2 Å². The maximum Gasteiger partial charge on any atom is 0.573 e. The molecule has 2 aliphatic carbocycles. The Morgan fingerprint density at radius 1 is 1.19 bits per heavy atom. The van der Waals surface area contributed by atoms with Gasteiger partial charge in [-0.3, -0.25) is 4.79 Å². The molecule has 0 aliphatic heterocycles. The van der Waals surface area contributed by atoms with Crippen LogP contribution in [0, 0.1) is 11.9 Å². The fraction of sp³-hybridized carbons (Fsp3) is 0.391. The smallest absolute Gasteiger partial charge is 0.406 e. The second kappa shape index (κ2) is 7.79. The lowest BCUT2D eigenvalue weighted by Gasteiger charge is -2.25. The number of pyridine rings is 1. The summed E-state index contributed by atoms with van der Waals surface area (Å²) in [5.41, 5.74) is 3.10. The lowest BCUT2D eigenvalue weighted by molar-refractivity contribution is -0.274. The van der Waals surface area contributed by atoms with Crippen molar-refractivity contribution in [1.29, 1.82) is 0 Å². The van der Waals surface area contributed by atoms with Crippen LogP contribution < -0.4 is 10.1 Å². The molecule has 2 aliphatic rings. The number of carbonyl (C=O) groups is 1. The average molecular weight is 447 g/mol. The van der Waals surface area contributed by atoms with E-state index in [0.29, 0.717) is 30.5 Å². The minimum absolute atomic E-state index is 0.0484. The van der Waals surface area contributed by atoms with Crippen LogP contribution in [-0.2, 0) is 24.2 Å². The molecular weight excluding hydrogens is 426 g/mol. The van der Waals surface area contributed by atoms with E-state index in [1.807, 2.05) is 4.57 Å². The van der Waals surface area contributed by atoms with E-state index in [0.717, 1.165) is 36.0 Å². The number of hydrogen-bond acceptors (Lipinski definition) is 3. The second-order valence-electron chi connectivity index (χ2n) is 8.41. The van der Waals surface area contributed by atoms with Gasteiger partial charge in [0.15, 0.2) is 0 Å². The summed E-state index contributed by atoms with van der Waals surface area (Å²) in [5, 5.41) is 3.73. The number of alkyl halides is 3. The van der Waals surface area contributed by atoms with Crippen LogP contribution in [0.2, 0.25) is 0 Å². The number of ether oxygens (including phenoxy) is 1. The van der Waals surface area contributed by atoms with E-state index in [4.69, 9.17) is 0 Å². The van der Waals surface area contributed by atoms with Crippen LogP contribution in [0.5, 0.6) is 5.75 Å². The third kappa shape index (κ3) is 4.28. The SMILES string of the molecule is O=C(NC1CCc2c(c3cc(OC(F)(F)F)ccc3n2Cc2cccc(F)n2)C1)C1CC1. The van der Waals surface area contributed by atoms with Crippen molar-refractivity contribution in [2.45, 2.75) is 51.1 Å². The largest absolute Gasteiger partial charge is 0.573 e. The number of fused-ring (bicyclic) bond motifs is 3. The van der Waals surface area contributed by atoms with Crippen LogP contribution in [0.1, 0.15) is 36.2 Å². The molecule has 3 aromatic rings. The zero-order valence-corrected chi connectivity index (χ0v) is 17.1. The van der Waals surface area contributed by atoms with E-state index in [9.17, 15) is 22.4 Å². The van der Waals surface area contributed by atoms with E-state index < -0.39 is 12.3 Å². The first-order valence-corrected chi connectivity index (χ1v) is 10.6. The normalized spacial score (nSPS) is 18.4. The summed E-state index contributed by atoms with van der Waals surface area (Å²) in [5.74, 6) is -0.745. The Labute approximate surface area is 181 Å². The highest BCUT2D eigenvalue weighted by Gasteiger charge is 2.34. The van der Waals surface area contributed by atoms with Crippen LogP contribution in [0.4, 0.5) is 17.6 Å². The monoisotopic (exact) mass is 447 g/mol. The van der Waals surface area contributed by atoms with E-state index in [-0.39, 0.29) is 23.6 Å². The molecule has 0 radical (unpaired) electrons. The van der Waals surface area contributed by atoms with Gasteiger partial charge >= 0.3 is 6.36 Å². The Kier molecular flexibility index (Phi) is 5.06. The second-order valence-corrected chi connectivity index (χ2v) is 8.41. The van der Waals surface area contributed by atoms with E-state index in [1.54, 1.807) is 18.2 Å². The molecule has 5 nitrogen and oxygen atoms in total. The first kappa shape index (κ1) is 20.8. The molecule has 2 aromatic heterocycles. The lowest BCUT2D eigenvalue weighted by atomic mass is 9.91. The molecule has 5 rings (SSSR count). The molecule has 0 saturated heterocycles. The number of amides is 1. The minimum atomic E-state index is -4.79. The number of carbonyl (C=O) groups excluding carboxylic acids is 1. The average Bonchev–Trinajstić information content (AvgIpc) is 3.53. The van der Waals surface area contributed by atoms with Gasteiger partial charge in [0.1, 0.15) is 5.75 Å². The highest BCUT2D eigenvalue weighted by atomic mass is 19.4. The van der Waals surface area contributed by atoms with Crippen molar-refractivity contribution < 1.29 is 27.1 Å². The van der Waals surface area contributed by atoms with Gasteiger partial charge in [0, 0.05) is 28.6 Å². The standard InChI is InChI=1S/C23H21F4N3O2/c24-21-3-1-2-15(28-21)12-30-19-8-6-14(29-22(31)13-4-5-13)10-17(19)18-11-16(7-9-20(18)30)32-23(25,26)27/h1-3,7,9,11,13-14H,4-6,8,10,12H2,(H,29,31). The predicted octanol–water partition coefficient (Wildman–Crippen LogP) is 4.51. The molecule has 1 saturated carbocycles. The summed E-state index contributed by atoms with van der Waals surface area (Å²) in [6.45, 7) is 0.294. The molecule has 168 valence electrons. The van der Waals surface area contributed by atoms with Crippen molar-refractivity contribution in [3.8, 4) is 5.75 Å². The van der Waals surface area contributed by atoms with Crippen LogP contribution in [-0.4, -0.2) is 27.9 Å². The van der Waals surface area contributed by atoms with Crippen LogP contribution >= 0.6 is 0 Å². The van der Waals surface area contributed by atoms with Crippen molar-refractivity contribution in [3.05, 3.63) is 59.3 Å². The minimum Gasteiger partial charge on any atom is -0.406 e. The Hall–Kier alpha value is -3.10. The van der Waals surface area contributed by atoms with Crippen molar-refractivity contribution >= 4 is 16.8 Å². The molecule has 1 aromatic carbocycles. The Morgan fingerprint density at radius 3 is 2.72 bits per heavy atom. The van der Waals surface area contributed by atoms with E-state index in [1.165, 1.54) is 18.2 Å². The topological polar surface area (TPSA) is 56.1 Å². The number of halogens is 4. The molecule has 1 atom stereocenters. The van der Waals surface area contributed by atoms with Crippen LogP contribution in [0.25, 0.3) is 10.9 Å². The van der Waals surface area contributed by atoms with Crippen molar-refractivity contribution in [3.63, 3.8) is 0 Å². The fourth-order valence-electron chi connectivity index (χ4n) is 4.49. The zero-order valence-electron chi connectivity index (χ0n) is 17.1. The number of aromatic nitrogens is 2. The summed E-state index contributed by atoms with van der Waals surface area (Å²) in [6.07, 6.45) is -1.09. The van der Waals surface area contributed by atoms with Crippen molar-refractivity contribution in [2.24, 2.45) is 5.92 Å². The molecule has 1 fully saturated rings. The summed E-state index contributed by atoms with van der Waals surface area (Å²) < 4.78 is 58.1. The summed E-state index contributed by atoms with van der Waals surface area (Å²) >= 11 is 0. The van der Waals surface area contributed by atoms with Gasteiger partial charge in [-0.2, -0.15) is 4.39 Å². The molecule has 1 unspecified atom stereocenters. The molecule has 1 N–H and O–H groups in total. The number of hydrogen-bond donors (Lipinski definition) is 1. The molecule has 9 heteroatoms. The molecule has 0 spiro atoms. The van der Waals surface area contributed by atoms with Gasteiger partial charge in [-0.25, -0.2) is 4.98 Å². The molecule has 32 heavy (non-hydrogen) atoms. The highest BCUT2D eigenvalue weighted by Crippen LogP contribution is 2.37. The predicted molar refractivity (Wildman–Crippen MR) is 109 cm³/mol. The third-order valence-corrected chi connectivity index (χ3v) is 6.06. The van der Waals surface area contributed by atoms with Crippen LogP contribution in [0.15, 0.2) is 36.4 Å². The first-order chi connectivity index (χ1) is 15.3. The van der Waals surface area contributed by atoms with Crippen molar-refractivity contribution in [2.75, 3.05) is 0 Å². The number of nitrogens with one attached hydrogen (secondary N) is 1. The maximum absolute atomic E-state index is 13.6. The molecule has 0 bridgehead atoms.